The Kier molecular flexibility index (Phi) is 3.84. The molecule has 2 rings (SSSR count). The van der Waals surface area contributed by atoms with Gasteiger partial charge < -0.3 is 0 Å². The Morgan fingerprint density at radius 1 is 1.41 bits per heavy atom. The average molecular weight is 238 g/mol. The van der Waals surface area contributed by atoms with Gasteiger partial charge in [0.15, 0.2) is 6.30 Å². The summed E-state index contributed by atoms with van der Waals surface area (Å²) >= 11 is 0. The average Bonchev–Trinajstić information content (AvgIpc) is 2.32. The molecule has 0 aromatic heterocycles. The van der Waals surface area contributed by atoms with Crippen molar-refractivity contribution in [2.75, 3.05) is 6.54 Å². The van der Waals surface area contributed by atoms with E-state index in [9.17, 15) is 13.6 Å². The van der Waals surface area contributed by atoms with Gasteiger partial charge in [-0.25, -0.2) is 8.78 Å². The maximum Gasteiger partial charge on any atom is 0.151 e. The van der Waals surface area contributed by atoms with Crippen molar-refractivity contribution in [3.8, 4) is 0 Å². The van der Waals surface area contributed by atoms with Crippen LogP contribution in [-0.4, -0.2) is 18.6 Å². The molecule has 1 aliphatic heterocycles. The number of ketones is 1. The van der Waals surface area contributed by atoms with Gasteiger partial charge in [0.05, 0.1) is 0 Å². The Hall–Kier alpha value is -1.29. The third-order valence-electron chi connectivity index (χ3n) is 2.94. The monoisotopic (exact) mass is 238 g/mol. The zero-order chi connectivity index (χ0) is 12.3. The fraction of sp³-hybridized carbons (Fsp3) is 0.385. The molecule has 1 N–H and O–H groups in total. The summed E-state index contributed by atoms with van der Waals surface area (Å²) in [6, 6.07) is 6.18. The Morgan fingerprint density at radius 3 is 2.88 bits per heavy atom. The highest BCUT2D eigenvalue weighted by atomic mass is 19.1. The highest BCUT2D eigenvalue weighted by Gasteiger charge is 2.27. The van der Waals surface area contributed by atoms with Crippen LogP contribution in [-0.2, 0) is 11.2 Å². The number of halogens is 2. The summed E-state index contributed by atoms with van der Waals surface area (Å²) in [6.45, 7) is 0.384. The van der Waals surface area contributed by atoms with E-state index in [0.29, 0.717) is 12.1 Å². The van der Waals surface area contributed by atoms with Gasteiger partial charge in [0.1, 0.15) is 11.6 Å². The first kappa shape index (κ1) is 12.2. The van der Waals surface area contributed by atoms with Crippen LogP contribution in [0.2, 0.25) is 0 Å². The van der Waals surface area contributed by atoms with Crippen LogP contribution in [0, 0.1) is 18.2 Å². The first-order chi connectivity index (χ1) is 8.16. The second-order valence-electron chi connectivity index (χ2n) is 4.19. The molecule has 4 heteroatoms. The molecule has 2 nitrogen and oxygen atoms in total. The molecule has 0 saturated carbocycles. The number of rotatable bonds is 3. The topological polar surface area (TPSA) is 29.1 Å². The van der Waals surface area contributed by atoms with Crippen LogP contribution in [0.1, 0.15) is 12.0 Å². The largest absolute Gasteiger partial charge is 0.299 e. The lowest BCUT2D eigenvalue weighted by Gasteiger charge is -2.24. The molecule has 1 aromatic rings. The standard InChI is InChI=1S/C13H14F2NO/c14-11-4-2-1-3-9(11)7-12(17)10-5-6-16-13(15)8-10/h1-5,10,13,16H,6-8H2. The molecule has 2 unspecified atom stereocenters. The lowest BCUT2D eigenvalue weighted by Crippen LogP contribution is -2.38. The zero-order valence-electron chi connectivity index (χ0n) is 9.33. The number of piperidine rings is 1. The third kappa shape index (κ3) is 3.09. The quantitative estimate of drug-likeness (QED) is 0.816. The lowest BCUT2D eigenvalue weighted by molar-refractivity contribution is -0.122. The van der Waals surface area contributed by atoms with Gasteiger partial charge in [0.25, 0.3) is 0 Å². The van der Waals surface area contributed by atoms with Crippen molar-refractivity contribution in [2.24, 2.45) is 5.92 Å². The lowest BCUT2D eigenvalue weighted by atomic mass is 9.89. The Morgan fingerprint density at radius 2 is 2.18 bits per heavy atom. The minimum absolute atomic E-state index is 0.0283. The molecule has 1 radical (unpaired) electrons. The molecular weight excluding hydrogens is 224 g/mol. The Labute approximate surface area is 99.0 Å². The van der Waals surface area contributed by atoms with Crippen LogP contribution in [0.25, 0.3) is 0 Å². The summed E-state index contributed by atoms with van der Waals surface area (Å²) < 4.78 is 26.4. The van der Waals surface area contributed by atoms with Crippen molar-refractivity contribution >= 4 is 5.78 Å². The van der Waals surface area contributed by atoms with Crippen molar-refractivity contribution in [1.29, 1.82) is 0 Å². The first-order valence-electron chi connectivity index (χ1n) is 5.63. The van der Waals surface area contributed by atoms with E-state index in [1.807, 2.05) is 0 Å². The fourth-order valence-corrected chi connectivity index (χ4v) is 1.96. The molecule has 1 heterocycles. The number of hydrogen-bond donors (Lipinski definition) is 1. The molecule has 2 atom stereocenters. The minimum atomic E-state index is -1.14. The predicted octanol–water partition coefficient (Wildman–Crippen LogP) is 2.05. The van der Waals surface area contributed by atoms with E-state index in [0.717, 1.165) is 0 Å². The summed E-state index contributed by atoms with van der Waals surface area (Å²) in [5, 5.41) is 2.59. The molecule has 1 fully saturated rings. The van der Waals surface area contributed by atoms with Crippen molar-refractivity contribution < 1.29 is 13.6 Å². The van der Waals surface area contributed by atoms with Gasteiger partial charge in [-0.1, -0.05) is 18.2 Å². The fourth-order valence-electron chi connectivity index (χ4n) is 1.96. The second-order valence-corrected chi connectivity index (χ2v) is 4.19. The van der Waals surface area contributed by atoms with Crippen molar-refractivity contribution in [3.63, 3.8) is 0 Å². The van der Waals surface area contributed by atoms with E-state index in [4.69, 9.17) is 0 Å². The van der Waals surface area contributed by atoms with Crippen LogP contribution < -0.4 is 5.32 Å². The van der Waals surface area contributed by atoms with E-state index in [1.165, 1.54) is 6.07 Å². The first-order valence-corrected chi connectivity index (χ1v) is 5.63. The minimum Gasteiger partial charge on any atom is -0.299 e. The maximum absolute atomic E-state index is 13.3. The van der Waals surface area contributed by atoms with E-state index in [2.05, 4.69) is 5.32 Å². The maximum atomic E-state index is 13.3. The number of benzene rings is 1. The molecular formula is C13H14F2NO. The number of nitrogens with one attached hydrogen (secondary N) is 1. The highest BCUT2D eigenvalue weighted by molar-refractivity contribution is 5.84. The predicted molar refractivity (Wildman–Crippen MR) is 60.4 cm³/mol. The van der Waals surface area contributed by atoms with Crippen molar-refractivity contribution in [1.82, 2.24) is 5.32 Å². The number of hydrogen-bond acceptors (Lipinski definition) is 2. The number of carbonyl (C=O) groups is 1. The van der Waals surface area contributed by atoms with Crippen LogP contribution in [0.3, 0.4) is 0 Å². The summed E-state index contributed by atoms with van der Waals surface area (Å²) in [5.74, 6) is -0.920. The highest BCUT2D eigenvalue weighted by Crippen LogP contribution is 2.19. The van der Waals surface area contributed by atoms with E-state index in [-0.39, 0.29) is 24.4 Å². The van der Waals surface area contributed by atoms with Crippen LogP contribution in [0.4, 0.5) is 8.78 Å². The molecule has 0 amide bonds. The van der Waals surface area contributed by atoms with Gasteiger partial charge in [-0.2, -0.15) is 0 Å². The molecule has 0 aliphatic carbocycles. The smallest absolute Gasteiger partial charge is 0.151 e. The molecule has 0 bridgehead atoms. The molecule has 1 aliphatic rings. The van der Waals surface area contributed by atoms with Gasteiger partial charge >= 0.3 is 0 Å². The van der Waals surface area contributed by atoms with E-state index in [1.54, 1.807) is 24.6 Å². The normalized spacial score (nSPS) is 24.6. The van der Waals surface area contributed by atoms with Gasteiger partial charge in [-0.3, -0.25) is 10.1 Å². The van der Waals surface area contributed by atoms with Gasteiger partial charge in [-0.05, 0) is 18.1 Å². The molecule has 0 spiro atoms. The van der Waals surface area contributed by atoms with Crippen molar-refractivity contribution in [2.45, 2.75) is 19.1 Å². The van der Waals surface area contributed by atoms with Crippen molar-refractivity contribution in [3.05, 3.63) is 42.1 Å². The zero-order valence-corrected chi connectivity index (χ0v) is 9.33. The van der Waals surface area contributed by atoms with E-state index < -0.39 is 12.2 Å². The summed E-state index contributed by atoms with van der Waals surface area (Å²) in [7, 11) is 0. The number of Topliss-reactive ketones (excluding diaryl/α,β-unsaturated/α-hetero) is 1. The molecule has 1 aromatic carbocycles. The summed E-state index contributed by atoms with van der Waals surface area (Å²) in [4.78, 5) is 11.9. The Balaban J connectivity index is 1.99. The molecule has 91 valence electrons. The van der Waals surface area contributed by atoms with Gasteiger partial charge in [0.2, 0.25) is 0 Å². The number of carbonyl (C=O) groups excluding carboxylic acids is 1. The van der Waals surface area contributed by atoms with E-state index >= 15 is 0 Å². The summed E-state index contributed by atoms with van der Waals surface area (Å²) in [5.41, 5.74) is 0.375. The van der Waals surface area contributed by atoms with Gasteiger partial charge in [-0.15, -0.1) is 0 Å². The van der Waals surface area contributed by atoms with Crippen LogP contribution >= 0.6 is 0 Å². The number of alkyl halides is 1. The second kappa shape index (κ2) is 5.36. The SMILES string of the molecule is O=C(Cc1ccccc1F)C1[CH]CNC(F)C1. The Bertz CT molecular complexity index is 408. The van der Waals surface area contributed by atoms with Crippen LogP contribution in [0.5, 0.6) is 0 Å². The summed E-state index contributed by atoms with van der Waals surface area (Å²) in [6.07, 6.45) is 0.780. The van der Waals surface area contributed by atoms with Crippen LogP contribution in [0.15, 0.2) is 24.3 Å². The van der Waals surface area contributed by atoms with Gasteiger partial charge in [0, 0.05) is 25.3 Å². The molecule has 17 heavy (non-hydrogen) atoms. The third-order valence-corrected chi connectivity index (χ3v) is 2.94. The molecule has 1 saturated heterocycles.